The summed E-state index contributed by atoms with van der Waals surface area (Å²) in [5.74, 6) is -0.866. The number of carbonyl (C=O) groups excluding carboxylic acids is 2. The van der Waals surface area contributed by atoms with E-state index >= 15 is 0 Å². The van der Waals surface area contributed by atoms with Crippen LogP contribution in [0.15, 0.2) is 30.6 Å². The molecule has 0 bridgehead atoms. The van der Waals surface area contributed by atoms with Crippen molar-refractivity contribution in [1.29, 1.82) is 0 Å². The first-order valence-corrected chi connectivity index (χ1v) is 8.72. The lowest BCUT2D eigenvalue weighted by atomic mass is 10.1. The van der Waals surface area contributed by atoms with Crippen LogP contribution >= 0.6 is 0 Å². The SMILES string of the molecule is Cc1nc2ncnn2c(C)c1CC(=O)O[C@H](C)C(=O)NCc1ccc(F)cc1. The largest absolute Gasteiger partial charge is 0.452 e. The molecule has 2 aromatic heterocycles. The quantitative estimate of drug-likeness (QED) is 0.648. The van der Waals surface area contributed by atoms with Gasteiger partial charge in [0, 0.05) is 23.5 Å². The molecule has 3 aromatic rings. The third kappa shape index (κ3) is 4.30. The lowest BCUT2D eigenvalue weighted by molar-refractivity contribution is -0.154. The predicted octanol–water partition coefficient (Wildman–Crippen LogP) is 1.67. The lowest BCUT2D eigenvalue weighted by Gasteiger charge is -2.15. The molecule has 0 fully saturated rings. The van der Waals surface area contributed by atoms with Crippen molar-refractivity contribution in [2.45, 2.75) is 39.8 Å². The number of hydrogen-bond acceptors (Lipinski definition) is 6. The maximum absolute atomic E-state index is 12.9. The number of rotatable bonds is 6. The molecule has 1 amide bonds. The Labute approximate surface area is 160 Å². The van der Waals surface area contributed by atoms with Gasteiger partial charge in [0.2, 0.25) is 0 Å². The van der Waals surface area contributed by atoms with Crippen molar-refractivity contribution in [1.82, 2.24) is 24.9 Å². The summed E-state index contributed by atoms with van der Waals surface area (Å²) in [5, 5.41) is 6.74. The topological polar surface area (TPSA) is 98.5 Å². The second-order valence-electron chi connectivity index (χ2n) is 6.39. The number of amides is 1. The number of hydrogen-bond donors (Lipinski definition) is 1. The van der Waals surface area contributed by atoms with E-state index in [0.717, 1.165) is 11.3 Å². The van der Waals surface area contributed by atoms with Crippen LogP contribution in [0.1, 0.15) is 29.4 Å². The lowest BCUT2D eigenvalue weighted by Crippen LogP contribution is -2.35. The Balaban J connectivity index is 1.58. The van der Waals surface area contributed by atoms with Gasteiger partial charge in [-0.2, -0.15) is 10.1 Å². The summed E-state index contributed by atoms with van der Waals surface area (Å²) in [6.45, 7) is 5.31. The Kier molecular flexibility index (Phi) is 5.62. The first kappa shape index (κ1) is 19.4. The van der Waals surface area contributed by atoms with E-state index in [0.29, 0.717) is 17.0 Å². The molecule has 0 spiro atoms. The molecular weight excluding hydrogens is 365 g/mol. The minimum atomic E-state index is -0.961. The van der Waals surface area contributed by atoms with Crippen LogP contribution in [0.4, 0.5) is 4.39 Å². The molecule has 0 aliphatic heterocycles. The van der Waals surface area contributed by atoms with Crippen LogP contribution in [-0.4, -0.2) is 37.6 Å². The Morgan fingerprint density at radius 1 is 1.25 bits per heavy atom. The molecule has 3 rings (SSSR count). The summed E-state index contributed by atoms with van der Waals surface area (Å²) in [7, 11) is 0. The number of aryl methyl sites for hydroxylation is 2. The number of nitrogens with one attached hydrogen (secondary N) is 1. The minimum absolute atomic E-state index is 0.0317. The molecule has 0 radical (unpaired) electrons. The van der Waals surface area contributed by atoms with E-state index in [1.807, 2.05) is 6.92 Å². The molecule has 1 atom stereocenters. The molecule has 9 heteroatoms. The summed E-state index contributed by atoms with van der Waals surface area (Å²) in [5.41, 5.74) is 2.82. The van der Waals surface area contributed by atoms with E-state index in [2.05, 4.69) is 20.4 Å². The van der Waals surface area contributed by atoms with Crippen LogP contribution in [0.5, 0.6) is 0 Å². The van der Waals surface area contributed by atoms with Crippen molar-refractivity contribution in [2.24, 2.45) is 0 Å². The Morgan fingerprint density at radius 3 is 2.68 bits per heavy atom. The van der Waals surface area contributed by atoms with Crippen LogP contribution in [0.2, 0.25) is 0 Å². The molecular formula is C19H20FN5O3. The van der Waals surface area contributed by atoms with Crippen molar-refractivity contribution in [2.75, 3.05) is 0 Å². The fourth-order valence-electron chi connectivity index (χ4n) is 2.78. The standard InChI is InChI=1S/C19H20FN5O3/c1-11-16(12(2)25-19(24-11)22-10-23-25)8-17(26)28-13(3)18(27)21-9-14-4-6-15(20)7-5-14/h4-7,10,13H,8-9H2,1-3H3,(H,21,27)/t13-/m1/s1. The first-order chi connectivity index (χ1) is 13.3. The smallest absolute Gasteiger partial charge is 0.311 e. The Bertz CT molecular complexity index is 1020. The number of nitrogens with zero attached hydrogens (tertiary/aromatic N) is 4. The molecule has 146 valence electrons. The average molecular weight is 385 g/mol. The van der Waals surface area contributed by atoms with Crippen molar-refractivity contribution in [3.8, 4) is 0 Å². The van der Waals surface area contributed by atoms with Gasteiger partial charge in [-0.15, -0.1) is 0 Å². The second kappa shape index (κ2) is 8.12. The Morgan fingerprint density at radius 2 is 1.96 bits per heavy atom. The van der Waals surface area contributed by atoms with E-state index in [1.54, 1.807) is 23.6 Å². The fourth-order valence-corrected chi connectivity index (χ4v) is 2.78. The van der Waals surface area contributed by atoms with E-state index < -0.39 is 18.0 Å². The van der Waals surface area contributed by atoms with Crippen LogP contribution in [0.25, 0.3) is 5.78 Å². The van der Waals surface area contributed by atoms with Crippen molar-refractivity contribution < 1.29 is 18.7 Å². The van der Waals surface area contributed by atoms with Gasteiger partial charge < -0.3 is 10.1 Å². The normalized spacial score (nSPS) is 12.0. The van der Waals surface area contributed by atoms with E-state index in [-0.39, 0.29) is 18.8 Å². The third-order valence-corrected chi connectivity index (χ3v) is 4.37. The van der Waals surface area contributed by atoms with Gasteiger partial charge in [0.25, 0.3) is 11.7 Å². The highest BCUT2D eigenvalue weighted by atomic mass is 19.1. The number of aromatic nitrogens is 4. The van der Waals surface area contributed by atoms with Crippen LogP contribution in [0.3, 0.4) is 0 Å². The summed E-state index contributed by atoms with van der Waals surface area (Å²) < 4.78 is 19.7. The van der Waals surface area contributed by atoms with Crippen molar-refractivity contribution >= 4 is 17.7 Å². The molecule has 0 saturated heterocycles. The zero-order valence-corrected chi connectivity index (χ0v) is 15.8. The van der Waals surface area contributed by atoms with Gasteiger partial charge in [0.15, 0.2) is 6.10 Å². The number of carbonyl (C=O) groups is 2. The molecule has 0 aliphatic carbocycles. The number of fused-ring (bicyclic) bond motifs is 1. The number of halogens is 1. The van der Waals surface area contributed by atoms with Crippen molar-refractivity contribution in [3.05, 3.63) is 58.9 Å². The van der Waals surface area contributed by atoms with Crippen LogP contribution in [-0.2, 0) is 27.3 Å². The summed E-state index contributed by atoms with van der Waals surface area (Å²) in [4.78, 5) is 32.8. The van der Waals surface area contributed by atoms with Gasteiger partial charge in [-0.1, -0.05) is 12.1 Å². The van der Waals surface area contributed by atoms with E-state index in [4.69, 9.17) is 4.74 Å². The van der Waals surface area contributed by atoms with E-state index in [9.17, 15) is 14.0 Å². The monoisotopic (exact) mass is 385 g/mol. The summed E-state index contributed by atoms with van der Waals surface area (Å²) in [6.07, 6.45) is 0.400. The number of benzene rings is 1. The minimum Gasteiger partial charge on any atom is -0.452 e. The highest BCUT2D eigenvalue weighted by Gasteiger charge is 2.20. The van der Waals surface area contributed by atoms with Gasteiger partial charge in [0.1, 0.15) is 12.1 Å². The molecule has 28 heavy (non-hydrogen) atoms. The first-order valence-electron chi connectivity index (χ1n) is 8.72. The van der Waals surface area contributed by atoms with Gasteiger partial charge in [-0.25, -0.2) is 13.9 Å². The Hall–Kier alpha value is -3.36. The zero-order chi connectivity index (χ0) is 20.3. The molecule has 0 unspecified atom stereocenters. The highest BCUT2D eigenvalue weighted by molar-refractivity contribution is 5.84. The highest BCUT2D eigenvalue weighted by Crippen LogP contribution is 2.14. The molecule has 0 aliphatic rings. The van der Waals surface area contributed by atoms with Crippen LogP contribution < -0.4 is 5.32 Å². The maximum Gasteiger partial charge on any atom is 0.311 e. The third-order valence-electron chi connectivity index (χ3n) is 4.37. The maximum atomic E-state index is 12.9. The van der Waals surface area contributed by atoms with Crippen molar-refractivity contribution in [3.63, 3.8) is 0 Å². The van der Waals surface area contributed by atoms with Gasteiger partial charge >= 0.3 is 5.97 Å². The number of ether oxygens (including phenoxy) is 1. The van der Waals surface area contributed by atoms with Gasteiger partial charge in [0.05, 0.1) is 6.42 Å². The second-order valence-corrected chi connectivity index (χ2v) is 6.39. The fraction of sp³-hybridized carbons (Fsp3) is 0.316. The summed E-state index contributed by atoms with van der Waals surface area (Å²) in [6, 6.07) is 5.78. The molecule has 2 heterocycles. The predicted molar refractivity (Wildman–Crippen MR) is 97.8 cm³/mol. The van der Waals surface area contributed by atoms with Gasteiger partial charge in [-0.05, 0) is 38.5 Å². The molecule has 1 aromatic carbocycles. The zero-order valence-electron chi connectivity index (χ0n) is 15.8. The van der Waals surface area contributed by atoms with E-state index in [1.165, 1.54) is 25.4 Å². The summed E-state index contributed by atoms with van der Waals surface area (Å²) >= 11 is 0. The average Bonchev–Trinajstić information content (AvgIpc) is 3.12. The van der Waals surface area contributed by atoms with Gasteiger partial charge in [-0.3, -0.25) is 9.59 Å². The molecule has 8 nitrogen and oxygen atoms in total. The molecule has 0 saturated carbocycles. The van der Waals surface area contributed by atoms with Crippen LogP contribution in [0, 0.1) is 19.7 Å². The molecule has 1 N–H and O–H groups in total. The number of esters is 1.